The van der Waals surface area contributed by atoms with Gasteiger partial charge in [-0.15, -0.1) is 0 Å². The van der Waals surface area contributed by atoms with Gasteiger partial charge < -0.3 is 4.74 Å². The number of hydrogen-bond donors (Lipinski definition) is 1. The van der Waals surface area contributed by atoms with Crippen LogP contribution in [0, 0.1) is 6.92 Å². The highest BCUT2D eigenvalue weighted by Gasteiger charge is 2.11. The first-order chi connectivity index (χ1) is 10.5. The zero-order valence-corrected chi connectivity index (χ0v) is 13.2. The summed E-state index contributed by atoms with van der Waals surface area (Å²) < 4.78 is 28.9. The number of hydrogen-bond acceptors (Lipinski definition) is 4. The summed E-state index contributed by atoms with van der Waals surface area (Å²) in [4.78, 5) is 11.4. The molecule has 0 aliphatic rings. The van der Waals surface area contributed by atoms with Gasteiger partial charge in [0.2, 0.25) is 10.9 Å². The predicted octanol–water partition coefficient (Wildman–Crippen LogP) is 2.31. The highest BCUT2D eigenvalue weighted by atomic mass is 32.2. The number of anilines is 1. The molecule has 0 bridgehead atoms. The Hall–Kier alpha value is -2.34. The standard InChI is InChI=1S/C16H17NO4S/c1-12-3-9-15(10-4-12)17(22(19)20)11-13-5-7-14(8-6-13)16(18)21-2/h3-10,22H,11H2,1-2H3. The summed E-state index contributed by atoms with van der Waals surface area (Å²) in [5, 5.41) is 0. The number of nitrogens with zero attached hydrogens (tertiary/aromatic N) is 1. The molecule has 5 nitrogen and oxygen atoms in total. The molecule has 0 amide bonds. The summed E-state index contributed by atoms with van der Waals surface area (Å²) in [5.41, 5.74) is 2.89. The summed E-state index contributed by atoms with van der Waals surface area (Å²) in [6.07, 6.45) is 0. The number of rotatable bonds is 5. The van der Waals surface area contributed by atoms with Crippen LogP contribution in [-0.2, 0) is 22.2 Å². The van der Waals surface area contributed by atoms with Crippen molar-refractivity contribution < 1.29 is 17.9 Å². The summed E-state index contributed by atoms with van der Waals surface area (Å²) in [6, 6.07) is 13.9. The Kier molecular flexibility index (Phi) is 5.16. The van der Waals surface area contributed by atoms with E-state index in [0.29, 0.717) is 11.3 Å². The molecule has 116 valence electrons. The van der Waals surface area contributed by atoms with Gasteiger partial charge in [-0.25, -0.2) is 13.2 Å². The lowest BCUT2D eigenvalue weighted by atomic mass is 10.1. The average Bonchev–Trinajstić information content (AvgIpc) is 2.53. The van der Waals surface area contributed by atoms with E-state index in [1.54, 1.807) is 36.4 Å². The van der Waals surface area contributed by atoms with Gasteiger partial charge in [0.15, 0.2) is 0 Å². The number of methoxy groups -OCH3 is 1. The number of benzene rings is 2. The van der Waals surface area contributed by atoms with Gasteiger partial charge in [-0.05, 0) is 36.8 Å². The molecular formula is C16H17NO4S. The number of carbonyl (C=O) groups is 1. The second-order valence-corrected chi connectivity index (χ2v) is 5.78. The number of carbonyl (C=O) groups excluding carboxylic acids is 1. The largest absolute Gasteiger partial charge is 0.465 e. The Bertz CT molecular complexity index is 713. The molecule has 0 saturated carbocycles. The van der Waals surface area contributed by atoms with Crippen LogP contribution in [0.4, 0.5) is 5.69 Å². The van der Waals surface area contributed by atoms with Crippen LogP contribution in [0.15, 0.2) is 48.5 Å². The molecule has 0 N–H and O–H groups in total. The van der Waals surface area contributed by atoms with Crippen molar-refractivity contribution in [1.29, 1.82) is 0 Å². The fraction of sp³-hybridized carbons (Fsp3) is 0.188. The first-order valence-corrected chi connectivity index (χ1v) is 7.80. The van der Waals surface area contributed by atoms with E-state index in [9.17, 15) is 13.2 Å². The van der Waals surface area contributed by atoms with Crippen LogP contribution in [0.2, 0.25) is 0 Å². The van der Waals surface area contributed by atoms with Crippen LogP contribution in [0.1, 0.15) is 21.5 Å². The Morgan fingerprint density at radius 3 is 2.14 bits per heavy atom. The van der Waals surface area contributed by atoms with Gasteiger partial charge in [0.05, 0.1) is 24.9 Å². The highest BCUT2D eigenvalue weighted by Crippen LogP contribution is 2.18. The molecule has 0 unspecified atom stereocenters. The summed E-state index contributed by atoms with van der Waals surface area (Å²) in [7, 11) is -1.44. The van der Waals surface area contributed by atoms with Crippen molar-refractivity contribution in [2.24, 2.45) is 0 Å². The number of aryl methyl sites for hydroxylation is 1. The minimum Gasteiger partial charge on any atom is -0.465 e. The average molecular weight is 319 g/mol. The van der Waals surface area contributed by atoms with Crippen LogP contribution in [0.25, 0.3) is 0 Å². The van der Waals surface area contributed by atoms with Crippen LogP contribution in [0.5, 0.6) is 0 Å². The Morgan fingerprint density at radius 1 is 1.05 bits per heavy atom. The normalized spacial score (nSPS) is 10.5. The lowest BCUT2D eigenvalue weighted by Crippen LogP contribution is -2.20. The second kappa shape index (κ2) is 7.09. The molecule has 0 aliphatic heterocycles. The van der Waals surface area contributed by atoms with E-state index in [0.717, 1.165) is 11.1 Å². The molecule has 2 aromatic rings. The Morgan fingerprint density at radius 2 is 1.64 bits per heavy atom. The van der Waals surface area contributed by atoms with Crippen molar-refractivity contribution in [1.82, 2.24) is 0 Å². The van der Waals surface area contributed by atoms with Crippen LogP contribution < -0.4 is 4.31 Å². The third kappa shape index (κ3) is 3.85. The monoisotopic (exact) mass is 319 g/mol. The van der Waals surface area contributed by atoms with Gasteiger partial charge in [-0.1, -0.05) is 29.8 Å². The molecule has 0 radical (unpaired) electrons. The predicted molar refractivity (Wildman–Crippen MR) is 85.5 cm³/mol. The van der Waals surface area contributed by atoms with Gasteiger partial charge in [0.1, 0.15) is 0 Å². The lowest BCUT2D eigenvalue weighted by molar-refractivity contribution is 0.0600. The second-order valence-electron chi connectivity index (χ2n) is 4.82. The maximum Gasteiger partial charge on any atom is 0.337 e. The minimum absolute atomic E-state index is 0.212. The van der Waals surface area contributed by atoms with E-state index in [1.165, 1.54) is 11.4 Å². The summed E-state index contributed by atoms with van der Waals surface area (Å²) >= 11 is 0. The molecule has 0 fully saturated rings. The van der Waals surface area contributed by atoms with Crippen molar-refractivity contribution in [3.05, 3.63) is 65.2 Å². The van der Waals surface area contributed by atoms with Gasteiger partial charge in [0, 0.05) is 0 Å². The molecule has 6 heteroatoms. The van der Waals surface area contributed by atoms with E-state index in [1.807, 2.05) is 19.1 Å². The number of thiol groups is 1. The maximum absolute atomic E-state index is 11.5. The molecule has 2 rings (SSSR count). The van der Waals surface area contributed by atoms with Crippen molar-refractivity contribution in [2.45, 2.75) is 13.5 Å². The van der Waals surface area contributed by atoms with E-state index >= 15 is 0 Å². The van der Waals surface area contributed by atoms with Crippen LogP contribution in [-0.4, -0.2) is 21.5 Å². The van der Waals surface area contributed by atoms with Crippen molar-refractivity contribution in [2.75, 3.05) is 11.4 Å². The Balaban J connectivity index is 2.21. The lowest BCUT2D eigenvalue weighted by Gasteiger charge is -2.18. The maximum atomic E-state index is 11.5. The minimum atomic E-state index is -2.75. The van der Waals surface area contributed by atoms with Gasteiger partial charge in [-0.2, -0.15) is 0 Å². The highest BCUT2D eigenvalue weighted by molar-refractivity contribution is 7.74. The van der Waals surface area contributed by atoms with Gasteiger partial charge in [0.25, 0.3) is 0 Å². The van der Waals surface area contributed by atoms with Crippen molar-refractivity contribution >= 4 is 22.5 Å². The molecule has 0 spiro atoms. The SMILES string of the molecule is COC(=O)c1ccc(CN(c2ccc(C)cc2)[SH](=O)=O)cc1. The van der Waals surface area contributed by atoms with E-state index in [-0.39, 0.29) is 6.54 Å². The zero-order valence-electron chi connectivity index (χ0n) is 12.4. The molecule has 2 aromatic carbocycles. The van der Waals surface area contributed by atoms with Crippen molar-refractivity contribution in [3.8, 4) is 0 Å². The molecule has 22 heavy (non-hydrogen) atoms. The molecule has 0 heterocycles. The smallest absolute Gasteiger partial charge is 0.337 e. The summed E-state index contributed by atoms with van der Waals surface area (Å²) in [6.45, 7) is 2.15. The van der Waals surface area contributed by atoms with E-state index in [4.69, 9.17) is 0 Å². The molecule has 0 saturated heterocycles. The van der Waals surface area contributed by atoms with Gasteiger partial charge >= 0.3 is 5.97 Å². The molecule has 0 aromatic heterocycles. The number of esters is 1. The fourth-order valence-corrected chi connectivity index (χ4v) is 2.60. The van der Waals surface area contributed by atoms with Crippen LogP contribution in [0.3, 0.4) is 0 Å². The summed E-state index contributed by atoms with van der Waals surface area (Å²) in [5.74, 6) is -0.420. The third-order valence-electron chi connectivity index (χ3n) is 3.24. The first kappa shape index (κ1) is 16.0. The molecule has 0 atom stereocenters. The van der Waals surface area contributed by atoms with E-state index < -0.39 is 16.9 Å². The van der Waals surface area contributed by atoms with E-state index in [2.05, 4.69) is 4.74 Å². The third-order valence-corrected chi connectivity index (χ3v) is 4.00. The molecule has 0 aliphatic carbocycles. The van der Waals surface area contributed by atoms with Crippen LogP contribution >= 0.6 is 0 Å². The molecular weight excluding hydrogens is 302 g/mol. The first-order valence-electron chi connectivity index (χ1n) is 6.67. The quantitative estimate of drug-likeness (QED) is 0.678. The zero-order chi connectivity index (χ0) is 16.1. The topological polar surface area (TPSA) is 63.7 Å². The number of ether oxygens (including phenoxy) is 1. The fourth-order valence-electron chi connectivity index (χ4n) is 2.00. The van der Waals surface area contributed by atoms with Crippen molar-refractivity contribution in [3.63, 3.8) is 0 Å². The van der Waals surface area contributed by atoms with Gasteiger partial charge in [-0.3, -0.25) is 4.31 Å². The Labute approximate surface area is 131 Å².